The van der Waals surface area contributed by atoms with Gasteiger partial charge in [0.05, 0.1) is 12.4 Å². The van der Waals surface area contributed by atoms with Crippen molar-refractivity contribution in [2.45, 2.75) is 32.0 Å². The number of nitrogens with zero attached hydrogens (tertiary/aromatic N) is 3. The van der Waals surface area contributed by atoms with E-state index in [1.165, 1.54) is 0 Å². The number of rotatable bonds is 6. The molecule has 2 heterocycles. The second-order valence-corrected chi connectivity index (χ2v) is 7.33. The first kappa shape index (κ1) is 19.1. The molecular weight excluding hydrogens is 364 g/mol. The molecule has 0 aliphatic carbocycles. The lowest BCUT2D eigenvalue weighted by atomic mass is 10.1. The van der Waals surface area contributed by atoms with Crippen molar-refractivity contribution in [2.75, 3.05) is 13.1 Å². The summed E-state index contributed by atoms with van der Waals surface area (Å²) in [5, 5.41) is 3.03. The molecule has 0 bridgehead atoms. The number of carbonyl (C=O) groups is 1. The van der Waals surface area contributed by atoms with Crippen molar-refractivity contribution in [1.29, 1.82) is 0 Å². The minimum Gasteiger partial charge on any atom is -0.489 e. The van der Waals surface area contributed by atoms with Crippen molar-refractivity contribution in [3.63, 3.8) is 0 Å². The molecule has 1 aromatic heterocycles. The Morgan fingerprint density at radius 2 is 1.93 bits per heavy atom. The molecule has 3 aromatic rings. The van der Waals surface area contributed by atoms with Crippen LogP contribution in [0.4, 0.5) is 4.79 Å². The molecular formula is C23H26N4O2. The van der Waals surface area contributed by atoms with Gasteiger partial charge in [-0.2, -0.15) is 0 Å². The molecule has 2 amide bonds. The number of aromatic nitrogens is 2. The van der Waals surface area contributed by atoms with Crippen molar-refractivity contribution < 1.29 is 9.53 Å². The number of urea groups is 1. The lowest BCUT2D eigenvalue weighted by Gasteiger charge is -2.33. The van der Waals surface area contributed by atoms with Gasteiger partial charge in [0, 0.05) is 32.0 Å². The fraction of sp³-hybridized carbons (Fsp3) is 0.304. The second kappa shape index (κ2) is 9.28. The Kier molecular flexibility index (Phi) is 6.10. The van der Waals surface area contributed by atoms with E-state index in [1.807, 2.05) is 72.0 Å². The molecule has 150 valence electrons. The summed E-state index contributed by atoms with van der Waals surface area (Å²) >= 11 is 0. The number of hydrogen-bond acceptors (Lipinski definition) is 3. The van der Waals surface area contributed by atoms with Crippen LogP contribution in [0.25, 0.3) is 0 Å². The number of hydrogen-bond donors (Lipinski definition) is 1. The summed E-state index contributed by atoms with van der Waals surface area (Å²) in [6, 6.07) is 18.3. The Balaban J connectivity index is 1.24. The number of benzene rings is 2. The van der Waals surface area contributed by atoms with Crippen LogP contribution >= 0.6 is 0 Å². The van der Waals surface area contributed by atoms with Gasteiger partial charge in [-0.05, 0) is 36.1 Å². The van der Waals surface area contributed by atoms with Crippen LogP contribution in [-0.2, 0) is 13.2 Å². The molecule has 0 radical (unpaired) electrons. The van der Waals surface area contributed by atoms with Gasteiger partial charge in [-0.1, -0.05) is 42.5 Å². The van der Waals surface area contributed by atoms with E-state index in [-0.39, 0.29) is 6.03 Å². The van der Waals surface area contributed by atoms with Crippen LogP contribution in [0.2, 0.25) is 0 Å². The summed E-state index contributed by atoms with van der Waals surface area (Å²) in [5.74, 6) is 0.822. The predicted molar refractivity (Wildman–Crippen MR) is 112 cm³/mol. The number of likely N-dealkylation sites (tertiary alicyclic amines) is 1. The quantitative estimate of drug-likeness (QED) is 0.692. The monoisotopic (exact) mass is 390 g/mol. The molecule has 1 unspecified atom stereocenters. The maximum Gasteiger partial charge on any atom is 0.317 e. The molecule has 6 nitrogen and oxygen atoms in total. The van der Waals surface area contributed by atoms with Crippen LogP contribution in [0.1, 0.15) is 30.0 Å². The molecule has 1 aliphatic heterocycles. The van der Waals surface area contributed by atoms with Crippen LogP contribution in [0.15, 0.2) is 73.3 Å². The predicted octanol–water partition coefficient (Wildman–Crippen LogP) is 4.01. The van der Waals surface area contributed by atoms with E-state index in [1.54, 1.807) is 6.20 Å². The summed E-state index contributed by atoms with van der Waals surface area (Å²) in [5.41, 5.74) is 2.19. The van der Waals surface area contributed by atoms with E-state index in [0.29, 0.717) is 25.7 Å². The zero-order valence-electron chi connectivity index (χ0n) is 16.4. The number of piperidine rings is 1. The second-order valence-electron chi connectivity index (χ2n) is 7.33. The number of nitrogens with one attached hydrogen (secondary N) is 1. The summed E-state index contributed by atoms with van der Waals surface area (Å²) in [6.45, 7) is 2.56. The highest BCUT2D eigenvalue weighted by Crippen LogP contribution is 2.21. The Labute approximate surface area is 171 Å². The molecule has 6 heteroatoms. The number of carbonyl (C=O) groups excluding carboxylic acids is 1. The third-order valence-electron chi connectivity index (χ3n) is 5.25. The van der Waals surface area contributed by atoms with Gasteiger partial charge >= 0.3 is 6.03 Å². The molecule has 1 fully saturated rings. The van der Waals surface area contributed by atoms with Gasteiger partial charge in [0.2, 0.25) is 0 Å². The van der Waals surface area contributed by atoms with E-state index in [9.17, 15) is 4.79 Å². The molecule has 29 heavy (non-hydrogen) atoms. The molecule has 0 saturated carbocycles. The molecule has 1 aliphatic rings. The van der Waals surface area contributed by atoms with Crippen LogP contribution < -0.4 is 10.1 Å². The fourth-order valence-corrected chi connectivity index (χ4v) is 3.60. The Morgan fingerprint density at radius 3 is 2.69 bits per heavy atom. The molecule has 1 atom stereocenters. The number of imidazole rings is 1. The van der Waals surface area contributed by atoms with Crippen molar-refractivity contribution in [3.8, 4) is 5.75 Å². The lowest BCUT2D eigenvalue weighted by molar-refractivity contribution is 0.166. The first-order chi connectivity index (χ1) is 14.3. The molecule has 1 saturated heterocycles. The molecule has 4 rings (SSSR count). The minimum atomic E-state index is -0.0146. The maximum atomic E-state index is 12.6. The zero-order valence-corrected chi connectivity index (χ0v) is 16.4. The van der Waals surface area contributed by atoms with Crippen LogP contribution in [0.3, 0.4) is 0 Å². The standard InChI is InChI=1S/C23H26N4O2/c28-23(26-13-4-7-21(16-26)27-14-12-24-18-27)25-15-19-8-10-22(11-9-19)29-17-20-5-2-1-3-6-20/h1-3,5-6,8-12,14,18,21H,4,7,13,15-17H2,(H,25,28). The minimum absolute atomic E-state index is 0.0146. The van der Waals surface area contributed by atoms with Crippen molar-refractivity contribution >= 4 is 6.03 Å². The van der Waals surface area contributed by atoms with E-state index in [4.69, 9.17) is 4.74 Å². The Morgan fingerprint density at radius 1 is 1.10 bits per heavy atom. The highest BCUT2D eigenvalue weighted by molar-refractivity contribution is 5.74. The average molecular weight is 390 g/mol. The number of ether oxygens (including phenoxy) is 1. The summed E-state index contributed by atoms with van der Waals surface area (Å²) in [6.07, 6.45) is 7.65. The van der Waals surface area contributed by atoms with Gasteiger partial charge in [0.1, 0.15) is 12.4 Å². The highest BCUT2D eigenvalue weighted by atomic mass is 16.5. The van der Waals surface area contributed by atoms with Crippen molar-refractivity contribution in [3.05, 3.63) is 84.4 Å². The van der Waals surface area contributed by atoms with E-state index >= 15 is 0 Å². The van der Waals surface area contributed by atoms with Crippen LogP contribution in [-0.4, -0.2) is 33.6 Å². The smallest absolute Gasteiger partial charge is 0.317 e. The molecule has 1 N–H and O–H groups in total. The summed E-state index contributed by atoms with van der Waals surface area (Å²) in [7, 11) is 0. The van der Waals surface area contributed by atoms with Crippen LogP contribution in [0.5, 0.6) is 5.75 Å². The van der Waals surface area contributed by atoms with Gasteiger partial charge in [0.15, 0.2) is 0 Å². The van der Waals surface area contributed by atoms with Gasteiger partial charge in [-0.15, -0.1) is 0 Å². The molecule has 0 spiro atoms. The third kappa shape index (κ3) is 5.16. The van der Waals surface area contributed by atoms with Gasteiger partial charge < -0.3 is 19.5 Å². The Bertz CT molecular complexity index is 894. The zero-order chi connectivity index (χ0) is 19.9. The van der Waals surface area contributed by atoms with E-state index in [0.717, 1.165) is 36.3 Å². The summed E-state index contributed by atoms with van der Waals surface area (Å²) in [4.78, 5) is 18.6. The summed E-state index contributed by atoms with van der Waals surface area (Å²) < 4.78 is 7.90. The van der Waals surface area contributed by atoms with E-state index < -0.39 is 0 Å². The number of amides is 2. The molecule has 2 aromatic carbocycles. The first-order valence-corrected chi connectivity index (χ1v) is 10.0. The SMILES string of the molecule is O=C(NCc1ccc(OCc2ccccc2)cc1)N1CCCC(n2ccnc2)C1. The first-order valence-electron chi connectivity index (χ1n) is 10.0. The van der Waals surface area contributed by atoms with Crippen molar-refractivity contribution in [2.24, 2.45) is 0 Å². The van der Waals surface area contributed by atoms with Gasteiger partial charge in [0.25, 0.3) is 0 Å². The average Bonchev–Trinajstić information content (AvgIpc) is 3.33. The van der Waals surface area contributed by atoms with Gasteiger partial charge in [-0.25, -0.2) is 9.78 Å². The topological polar surface area (TPSA) is 59.4 Å². The van der Waals surface area contributed by atoms with Crippen LogP contribution in [0, 0.1) is 0 Å². The third-order valence-corrected chi connectivity index (χ3v) is 5.25. The van der Waals surface area contributed by atoms with Crippen molar-refractivity contribution in [1.82, 2.24) is 19.8 Å². The van der Waals surface area contributed by atoms with Gasteiger partial charge in [-0.3, -0.25) is 0 Å². The largest absolute Gasteiger partial charge is 0.489 e. The highest BCUT2D eigenvalue weighted by Gasteiger charge is 2.24. The Hall–Kier alpha value is -3.28. The lowest BCUT2D eigenvalue weighted by Crippen LogP contribution is -2.45. The normalized spacial score (nSPS) is 16.4. The fourth-order valence-electron chi connectivity index (χ4n) is 3.60. The maximum absolute atomic E-state index is 12.6. The van der Waals surface area contributed by atoms with E-state index in [2.05, 4.69) is 14.9 Å².